The molecule has 0 aliphatic carbocycles. The fourth-order valence-electron chi connectivity index (χ4n) is 2.83. The van der Waals surface area contributed by atoms with Crippen LogP contribution >= 0.6 is 23.1 Å². The summed E-state index contributed by atoms with van der Waals surface area (Å²) < 4.78 is 17.6. The number of nitrogens with zero attached hydrogens (tertiary/aromatic N) is 3. The van der Waals surface area contributed by atoms with Crippen LogP contribution in [0.25, 0.3) is 0 Å². The maximum Gasteiger partial charge on any atom is 0.340 e. The fourth-order valence-corrected chi connectivity index (χ4v) is 4.57. The van der Waals surface area contributed by atoms with Crippen molar-refractivity contribution >= 4 is 40.0 Å². The average molecular weight is 477 g/mol. The molecule has 0 atom stereocenters. The van der Waals surface area contributed by atoms with E-state index in [1.165, 1.54) is 30.2 Å². The second-order valence-electron chi connectivity index (χ2n) is 6.54. The van der Waals surface area contributed by atoms with Crippen molar-refractivity contribution in [3.05, 3.63) is 46.6 Å². The molecule has 0 aliphatic heterocycles. The van der Waals surface area contributed by atoms with Crippen molar-refractivity contribution in [2.24, 2.45) is 0 Å². The van der Waals surface area contributed by atoms with Crippen molar-refractivity contribution in [1.29, 1.82) is 0 Å². The van der Waals surface area contributed by atoms with E-state index in [1.807, 2.05) is 42.7 Å². The van der Waals surface area contributed by atoms with E-state index >= 15 is 0 Å². The summed E-state index contributed by atoms with van der Waals surface area (Å²) in [5.74, 6) is 1.50. The molecule has 1 amide bonds. The number of amides is 1. The van der Waals surface area contributed by atoms with E-state index in [0.29, 0.717) is 33.8 Å². The Labute approximate surface area is 194 Å². The lowest BCUT2D eigenvalue weighted by atomic mass is 10.3. The second-order valence-corrected chi connectivity index (χ2v) is 8.73. The highest BCUT2D eigenvalue weighted by Gasteiger charge is 2.19. The minimum Gasteiger partial charge on any atom is -0.497 e. The molecule has 1 aromatic carbocycles. The van der Waals surface area contributed by atoms with Crippen LogP contribution in [0.1, 0.15) is 28.0 Å². The van der Waals surface area contributed by atoms with Crippen LogP contribution in [0.5, 0.6) is 11.5 Å². The molecule has 0 bridgehead atoms. The van der Waals surface area contributed by atoms with Crippen molar-refractivity contribution in [3.8, 4) is 11.5 Å². The molecule has 0 saturated carbocycles. The van der Waals surface area contributed by atoms with Gasteiger partial charge in [0, 0.05) is 11.4 Å². The monoisotopic (exact) mass is 476 g/mol. The molecular formula is C21H24N4O5S2. The number of carbonyl (C=O) groups excluding carboxylic acids is 2. The average Bonchev–Trinajstić information content (AvgIpc) is 3.38. The third kappa shape index (κ3) is 5.80. The number of carbonyl (C=O) groups is 2. The summed E-state index contributed by atoms with van der Waals surface area (Å²) in [6, 6.07) is 8.98. The second kappa shape index (κ2) is 11.0. The molecule has 2 heterocycles. The Morgan fingerprint density at radius 2 is 1.88 bits per heavy atom. The Hall–Kier alpha value is -3.05. The molecule has 3 rings (SSSR count). The highest BCUT2D eigenvalue weighted by Crippen LogP contribution is 2.29. The Balaban J connectivity index is 1.59. The van der Waals surface area contributed by atoms with Crippen LogP contribution in [0.2, 0.25) is 0 Å². The first-order valence-electron chi connectivity index (χ1n) is 9.75. The number of benzene rings is 1. The predicted octanol–water partition coefficient (Wildman–Crippen LogP) is 3.77. The molecule has 32 heavy (non-hydrogen) atoms. The van der Waals surface area contributed by atoms with E-state index in [2.05, 4.69) is 15.5 Å². The van der Waals surface area contributed by atoms with Gasteiger partial charge < -0.3 is 24.1 Å². The van der Waals surface area contributed by atoms with Crippen molar-refractivity contribution in [3.63, 3.8) is 0 Å². The summed E-state index contributed by atoms with van der Waals surface area (Å²) in [5, 5.41) is 12.3. The van der Waals surface area contributed by atoms with E-state index in [-0.39, 0.29) is 18.3 Å². The molecule has 0 fully saturated rings. The first-order chi connectivity index (χ1) is 15.4. The van der Waals surface area contributed by atoms with Crippen molar-refractivity contribution in [1.82, 2.24) is 14.8 Å². The van der Waals surface area contributed by atoms with Crippen LogP contribution in [0.3, 0.4) is 0 Å². The Morgan fingerprint density at radius 3 is 2.53 bits per heavy atom. The van der Waals surface area contributed by atoms with Gasteiger partial charge in [-0.05, 0) is 44.2 Å². The molecule has 170 valence electrons. The van der Waals surface area contributed by atoms with E-state index in [4.69, 9.17) is 14.2 Å². The quantitative estimate of drug-likeness (QED) is 0.348. The van der Waals surface area contributed by atoms with Gasteiger partial charge in [0.1, 0.15) is 23.1 Å². The number of aryl methyl sites for hydroxylation is 1. The lowest BCUT2D eigenvalue weighted by Crippen LogP contribution is -2.16. The van der Waals surface area contributed by atoms with E-state index in [1.54, 1.807) is 13.2 Å². The molecule has 3 aromatic rings. The maximum atomic E-state index is 12.5. The topological polar surface area (TPSA) is 105 Å². The van der Waals surface area contributed by atoms with Gasteiger partial charge in [-0.1, -0.05) is 11.8 Å². The van der Waals surface area contributed by atoms with Gasteiger partial charge in [0.25, 0.3) is 0 Å². The van der Waals surface area contributed by atoms with E-state index in [9.17, 15) is 9.59 Å². The van der Waals surface area contributed by atoms with E-state index in [0.717, 1.165) is 10.6 Å². The minimum atomic E-state index is -0.482. The van der Waals surface area contributed by atoms with Gasteiger partial charge in [-0.3, -0.25) is 4.79 Å². The van der Waals surface area contributed by atoms with Gasteiger partial charge in [0.05, 0.1) is 25.5 Å². The molecule has 0 saturated heterocycles. The van der Waals surface area contributed by atoms with E-state index < -0.39 is 5.97 Å². The lowest BCUT2D eigenvalue weighted by Gasteiger charge is -2.09. The highest BCUT2D eigenvalue weighted by molar-refractivity contribution is 7.99. The van der Waals surface area contributed by atoms with Crippen LogP contribution in [-0.4, -0.2) is 46.6 Å². The molecule has 2 aromatic heterocycles. The Kier molecular flexibility index (Phi) is 8.12. The smallest absolute Gasteiger partial charge is 0.340 e. The molecule has 0 unspecified atom stereocenters. The van der Waals surface area contributed by atoms with Crippen molar-refractivity contribution < 1.29 is 23.8 Å². The SMILES string of the molecule is CCn1c(COc2ccc(OC)cc2)nnc1SCC(=O)Nc1sc(C)cc1C(=O)OC. The zero-order chi connectivity index (χ0) is 23.1. The molecule has 0 aliphatic rings. The summed E-state index contributed by atoms with van der Waals surface area (Å²) in [7, 11) is 2.92. The number of nitrogens with one attached hydrogen (secondary N) is 1. The predicted molar refractivity (Wildman–Crippen MR) is 123 cm³/mol. The molecule has 0 spiro atoms. The maximum absolute atomic E-state index is 12.5. The first-order valence-corrected chi connectivity index (χ1v) is 11.6. The Morgan fingerprint density at radius 1 is 1.16 bits per heavy atom. The lowest BCUT2D eigenvalue weighted by molar-refractivity contribution is -0.113. The van der Waals surface area contributed by atoms with Crippen LogP contribution in [0, 0.1) is 6.92 Å². The number of ether oxygens (including phenoxy) is 3. The summed E-state index contributed by atoms with van der Waals surface area (Å²) >= 11 is 2.59. The standard InChI is InChI=1S/C21H24N4O5S2/c1-5-25-17(11-30-15-8-6-14(28-3)7-9-15)23-24-21(25)31-12-18(26)22-19-16(20(27)29-4)10-13(2)32-19/h6-10H,5,11-12H2,1-4H3,(H,22,26). The van der Waals surface area contributed by atoms with Crippen molar-refractivity contribution in [2.75, 3.05) is 25.3 Å². The summed E-state index contributed by atoms with van der Waals surface area (Å²) in [4.78, 5) is 25.2. The van der Waals surface area contributed by atoms with Gasteiger partial charge in [-0.2, -0.15) is 0 Å². The zero-order valence-electron chi connectivity index (χ0n) is 18.2. The third-order valence-corrected chi connectivity index (χ3v) is 6.32. The number of hydrogen-bond acceptors (Lipinski definition) is 9. The normalized spacial score (nSPS) is 10.6. The minimum absolute atomic E-state index is 0.120. The Bertz CT molecular complexity index is 1080. The summed E-state index contributed by atoms with van der Waals surface area (Å²) in [6.45, 7) is 4.72. The van der Waals surface area contributed by atoms with Crippen molar-refractivity contribution in [2.45, 2.75) is 32.2 Å². The van der Waals surface area contributed by atoms with Gasteiger partial charge in [0.2, 0.25) is 5.91 Å². The van der Waals surface area contributed by atoms with Crippen LogP contribution in [0.4, 0.5) is 5.00 Å². The van der Waals surface area contributed by atoms with Crippen LogP contribution in [-0.2, 0) is 22.7 Å². The first kappa shape index (κ1) is 23.6. The molecule has 0 radical (unpaired) electrons. The number of methoxy groups -OCH3 is 2. The summed E-state index contributed by atoms with van der Waals surface area (Å²) in [6.07, 6.45) is 0. The van der Waals surface area contributed by atoms with Crippen LogP contribution < -0.4 is 14.8 Å². The van der Waals surface area contributed by atoms with Crippen LogP contribution in [0.15, 0.2) is 35.5 Å². The molecule has 1 N–H and O–H groups in total. The summed E-state index contributed by atoms with van der Waals surface area (Å²) in [5.41, 5.74) is 0.350. The largest absolute Gasteiger partial charge is 0.497 e. The van der Waals surface area contributed by atoms with Gasteiger partial charge in [-0.25, -0.2) is 4.79 Å². The number of rotatable bonds is 10. The number of anilines is 1. The van der Waals surface area contributed by atoms with Gasteiger partial charge in [-0.15, -0.1) is 21.5 Å². The number of thioether (sulfide) groups is 1. The number of esters is 1. The molecule has 11 heteroatoms. The fraction of sp³-hybridized carbons (Fsp3) is 0.333. The highest BCUT2D eigenvalue weighted by atomic mass is 32.2. The van der Waals surface area contributed by atoms with Gasteiger partial charge in [0.15, 0.2) is 11.0 Å². The molecular weight excluding hydrogens is 452 g/mol. The van der Waals surface area contributed by atoms with Gasteiger partial charge >= 0.3 is 5.97 Å². The third-order valence-electron chi connectivity index (χ3n) is 4.38. The number of thiophene rings is 1. The number of aromatic nitrogens is 3. The zero-order valence-corrected chi connectivity index (χ0v) is 19.8. The number of hydrogen-bond donors (Lipinski definition) is 1. The molecule has 9 nitrogen and oxygen atoms in total.